The van der Waals surface area contributed by atoms with Crippen LogP contribution < -0.4 is 0 Å². The molecule has 2 nitrogen and oxygen atoms in total. The molecule has 1 aromatic heterocycles. The Labute approximate surface area is 94.9 Å². The van der Waals surface area contributed by atoms with Crippen LogP contribution in [0.2, 0.25) is 0 Å². The lowest BCUT2D eigenvalue weighted by Gasteiger charge is -2.07. The summed E-state index contributed by atoms with van der Waals surface area (Å²) in [4.78, 5) is 12.1. The fraction of sp³-hybridized carbons (Fsp3) is 0.214. The number of ketones is 1. The lowest BCUT2D eigenvalue weighted by molar-refractivity contribution is 0.0991. The predicted octanol–water partition coefficient (Wildman–Crippen LogP) is 3.32. The topological polar surface area (TPSA) is 30.2 Å². The van der Waals surface area contributed by atoms with E-state index in [1.165, 1.54) is 0 Å². The molecule has 82 valence electrons. The van der Waals surface area contributed by atoms with Gasteiger partial charge in [0.15, 0.2) is 5.78 Å². The third kappa shape index (κ3) is 2.06. The van der Waals surface area contributed by atoms with Crippen LogP contribution in [0.3, 0.4) is 0 Å². The van der Waals surface area contributed by atoms with E-state index < -0.39 is 0 Å². The first-order valence-corrected chi connectivity index (χ1v) is 5.29. The summed E-state index contributed by atoms with van der Waals surface area (Å²) in [6.07, 6.45) is 3.61. The molecule has 0 amide bonds. The van der Waals surface area contributed by atoms with Crippen molar-refractivity contribution in [3.05, 3.63) is 59.0 Å². The van der Waals surface area contributed by atoms with Crippen molar-refractivity contribution >= 4 is 5.78 Å². The highest BCUT2D eigenvalue weighted by molar-refractivity contribution is 6.00. The molecule has 0 bridgehead atoms. The molecule has 0 aliphatic rings. The Morgan fingerprint density at radius 2 is 1.88 bits per heavy atom. The van der Waals surface area contributed by atoms with Crippen molar-refractivity contribution in [2.75, 3.05) is 0 Å². The van der Waals surface area contributed by atoms with Gasteiger partial charge in [0, 0.05) is 12.0 Å². The van der Waals surface area contributed by atoms with Gasteiger partial charge < -0.3 is 4.42 Å². The molecule has 2 rings (SSSR count). The van der Waals surface area contributed by atoms with E-state index in [2.05, 4.69) is 0 Å². The lowest BCUT2D eigenvalue weighted by atomic mass is 9.96. The standard InChI is InChI=1S/C14H14O2/c1-10-4-3-5-11(2)14(10)13(15)8-12-6-7-16-9-12/h3-7,9H,8H2,1-2H3. The van der Waals surface area contributed by atoms with Gasteiger partial charge in [-0.25, -0.2) is 0 Å². The van der Waals surface area contributed by atoms with Gasteiger partial charge in [0.25, 0.3) is 0 Å². The van der Waals surface area contributed by atoms with Crippen molar-refractivity contribution in [3.8, 4) is 0 Å². The highest BCUT2D eigenvalue weighted by atomic mass is 16.3. The van der Waals surface area contributed by atoms with Gasteiger partial charge in [-0.15, -0.1) is 0 Å². The minimum absolute atomic E-state index is 0.150. The number of hydrogen-bond donors (Lipinski definition) is 0. The van der Waals surface area contributed by atoms with Gasteiger partial charge >= 0.3 is 0 Å². The van der Waals surface area contributed by atoms with E-state index in [-0.39, 0.29) is 5.78 Å². The Hall–Kier alpha value is -1.83. The summed E-state index contributed by atoms with van der Waals surface area (Å²) in [7, 11) is 0. The van der Waals surface area contributed by atoms with Crippen LogP contribution in [0.4, 0.5) is 0 Å². The van der Waals surface area contributed by atoms with Crippen molar-refractivity contribution in [2.24, 2.45) is 0 Å². The fourth-order valence-corrected chi connectivity index (χ4v) is 1.92. The number of Topliss-reactive ketones (excluding diaryl/α,β-unsaturated/α-hetero) is 1. The molecule has 0 unspecified atom stereocenters. The number of aryl methyl sites for hydroxylation is 2. The minimum atomic E-state index is 0.150. The van der Waals surface area contributed by atoms with Crippen LogP contribution in [0.25, 0.3) is 0 Å². The zero-order chi connectivity index (χ0) is 11.5. The summed E-state index contributed by atoms with van der Waals surface area (Å²) in [5, 5.41) is 0. The molecule has 0 saturated heterocycles. The van der Waals surface area contributed by atoms with Crippen LogP contribution >= 0.6 is 0 Å². The van der Waals surface area contributed by atoms with Gasteiger partial charge in [-0.05, 0) is 36.6 Å². The number of hydrogen-bond acceptors (Lipinski definition) is 2. The smallest absolute Gasteiger partial charge is 0.167 e. The first-order chi connectivity index (χ1) is 7.68. The summed E-state index contributed by atoms with van der Waals surface area (Å²) in [5.74, 6) is 0.150. The normalized spacial score (nSPS) is 10.4. The lowest BCUT2D eigenvalue weighted by Crippen LogP contribution is -2.07. The molecule has 0 radical (unpaired) electrons. The molecule has 0 spiro atoms. The third-order valence-electron chi connectivity index (χ3n) is 2.70. The van der Waals surface area contributed by atoms with E-state index in [1.807, 2.05) is 38.1 Å². The number of benzene rings is 1. The highest BCUT2D eigenvalue weighted by Crippen LogP contribution is 2.16. The zero-order valence-electron chi connectivity index (χ0n) is 9.49. The number of rotatable bonds is 3. The zero-order valence-corrected chi connectivity index (χ0v) is 9.49. The van der Waals surface area contributed by atoms with Crippen LogP contribution in [0, 0.1) is 13.8 Å². The molecular weight excluding hydrogens is 200 g/mol. The predicted molar refractivity (Wildman–Crippen MR) is 62.7 cm³/mol. The quantitative estimate of drug-likeness (QED) is 0.734. The number of carbonyl (C=O) groups is 1. The summed E-state index contributed by atoms with van der Waals surface area (Å²) < 4.78 is 4.96. The summed E-state index contributed by atoms with van der Waals surface area (Å²) in [6.45, 7) is 3.94. The number of furan rings is 1. The Balaban J connectivity index is 2.28. The molecule has 0 fully saturated rings. The first kappa shape index (κ1) is 10.7. The molecule has 0 aliphatic heterocycles. The molecule has 0 N–H and O–H groups in total. The van der Waals surface area contributed by atoms with E-state index in [1.54, 1.807) is 12.5 Å². The summed E-state index contributed by atoms with van der Waals surface area (Å²) in [5.41, 5.74) is 3.83. The maximum atomic E-state index is 12.1. The van der Waals surface area contributed by atoms with Crippen molar-refractivity contribution in [2.45, 2.75) is 20.3 Å². The van der Waals surface area contributed by atoms with Crippen LogP contribution in [0.15, 0.2) is 41.2 Å². The van der Waals surface area contributed by atoms with Gasteiger partial charge in [0.05, 0.1) is 12.5 Å². The SMILES string of the molecule is Cc1cccc(C)c1C(=O)Cc1ccoc1. The average Bonchev–Trinajstić information content (AvgIpc) is 2.70. The summed E-state index contributed by atoms with van der Waals surface area (Å²) in [6, 6.07) is 7.73. The van der Waals surface area contributed by atoms with E-state index in [9.17, 15) is 4.79 Å². The Morgan fingerprint density at radius 1 is 1.19 bits per heavy atom. The fourth-order valence-electron chi connectivity index (χ4n) is 1.92. The van der Waals surface area contributed by atoms with Crippen molar-refractivity contribution < 1.29 is 9.21 Å². The van der Waals surface area contributed by atoms with Gasteiger partial charge in [-0.3, -0.25) is 4.79 Å². The maximum Gasteiger partial charge on any atom is 0.167 e. The van der Waals surface area contributed by atoms with Gasteiger partial charge in [-0.1, -0.05) is 18.2 Å². The van der Waals surface area contributed by atoms with Crippen LogP contribution in [-0.4, -0.2) is 5.78 Å². The molecule has 0 aliphatic carbocycles. The molecule has 2 heteroatoms. The van der Waals surface area contributed by atoms with E-state index in [0.717, 1.165) is 22.3 Å². The van der Waals surface area contributed by atoms with Crippen molar-refractivity contribution in [3.63, 3.8) is 0 Å². The average molecular weight is 214 g/mol. The molecule has 0 atom stereocenters. The second-order valence-electron chi connectivity index (χ2n) is 4.00. The highest BCUT2D eigenvalue weighted by Gasteiger charge is 2.12. The van der Waals surface area contributed by atoms with E-state index in [0.29, 0.717) is 6.42 Å². The minimum Gasteiger partial charge on any atom is -0.472 e. The Kier molecular flexibility index (Phi) is 2.91. The van der Waals surface area contributed by atoms with Gasteiger partial charge in [-0.2, -0.15) is 0 Å². The summed E-state index contributed by atoms with van der Waals surface area (Å²) >= 11 is 0. The number of carbonyl (C=O) groups excluding carboxylic acids is 1. The van der Waals surface area contributed by atoms with Crippen LogP contribution in [0.1, 0.15) is 27.0 Å². The maximum absolute atomic E-state index is 12.1. The molecule has 0 saturated carbocycles. The van der Waals surface area contributed by atoms with Crippen molar-refractivity contribution in [1.29, 1.82) is 0 Å². The second-order valence-corrected chi connectivity index (χ2v) is 4.00. The van der Waals surface area contributed by atoms with Crippen LogP contribution in [-0.2, 0) is 6.42 Å². The third-order valence-corrected chi connectivity index (χ3v) is 2.70. The Morgan fingerprint density at radius 3 is 2.44 bits per heavy atom. The van der Waals surface area contributed by atoms with Crippen molar-refractivity contribution in [1.82, 2.24) is 0 Å². The van der Waals surface area contributed by atoms with E-state index >= 15 is 0 Å². The Bertz CT molecular complexity index is 475. The molecule has 1 aromatic carbocycles. The van der Waals surface area contributed by atoms with E-state index in [4.69, 9.17) is 4.42 Å². The molecule has 2 aromatic rings. The second kappa shape index (κ2) is 4.35. The van der Waals surface area contributed by atoms with Crippen LogP contribution in [0.5, 0.6) is 0 Å². The monoisotopic (exact) mass is 214 g/mol. The van der Waals surface area contributed by atoms with Gasteiger partial charge in [0.2, 0.25) is 0 Å². The molecular formula is C14H14O2. The first-order valence-electron chi connectivity index (χ1n) is 5.29. The largest absolute Gasteiger partial charge is 0.472 e. The molecule has 1 heterocycles. The van der Waals surface area contributed by atoms with Gasteiger partial charge in [0.1, 0.15) is 0 Å². The molecule has 16 heavy (non-hydrogen) atoms.